The highest BCUT2D eigenvalue weighted by Gasteiger charge is 2.17. The molecular formula is C23H27NO4. The predicted molar refractivity (Wildman–Crippen MR) is 108 cm³/mol. The minimum atomic E-state index is -0.803. The Morgan fingerprint density at radius 2 is 1.82 bits per heavy atom. The van der Waals surface area contributed by atoms with Crippen LogP contribution in [-0.2, 0) is 11.2 Å². The number of benzene rings is 2. The Labute approximate surface area is 165 Å². The molecule has 1 fully saturated rings. The van der Waals surface area contributed by atoms with Gasteiger partial charge in [-0.05, 0) is 67.6 Å². The molecule has 0 atom stereocenters. The number of hydrogen-bond acceptors (Lipinski definition) is 3. The van der Waals surface area contributed by atoms with Crippen LogP contribution in [0.25, 0.3) is 0 Å². The zero-order valence-corrected chi connectivity index (χ0v) is 16.2. The highest BCUT2D eigenvalue weighted by Crippen LogP contribution is 2.25. The predicted octanol–water partition coefficient (Wildman–Crippen LogP) is 4.87. The Hall–Kier alpha value is -2.82. The van der Waals surface area contributed by atoms with Crippen molar-refractivity contribution in [2.24, 2.45) is 0 Å². The number of nitrogens with one attached hydrogen (secondary N) is 1. The number of rotatable bonds is 7. The van der Waals surface area contributed by atoms with Crippen LogP contribution in [0.5, 0.6) is 11.5 Å². The maximum absolute atomic E-state index is 12.5. The van der Waals surface area contributed by atoms with Gasteiger partial charge in [0, 0.05) is 18.0 Å². The van der Waals surface area contributed by atoms with Gasteiger partial charge in [-0.2, -0.15) is 0 Å². The van der Waals surface area contributed by atoms with Crippen LogP contribution in [0.15, 0.2) is 42.5 Å². The van der Waals surface area contributed by atoms with Crippen molar-refractivity contribution >= 4 is 11.9 Å². The van der Waals surface area contributed by atoms with Crippen LogP contribution in [0.2, 0.25) is 0 Å². The second kappa shape index (κ2) is 9.40. The lowest BCUT2D eigenvalue weighted by molar-refractivity contribution is -0.136. The van der Waals surface area contributed by atoms with Crippen molar-refractivity contribution in [1.82, 2.24) is 5.32 Å². The molecular weight excluding hydrogens is 354 g/mol. The second-order valence-corrected chi connectivity index (χ2v) is 7.42. The number of carbonyl (C=O) groups is 2. The summed E-state index contributed by atoms with van der Waals surface area (Å²) in [5.74, 6) is 0.413. The topological polar surface area (TPSA) is 75.6 Å². The van der Waals surface area contributed by atoms with E-state index in [1.54, 1.807) is 12.1 Å². The molecule has 1 amide bonds. The molecule has 0 saturated heterocycles. The summed E-state index contributed by atoms with van der Waals surface area (Å²) in [5.41, 5.74) is 2.58. The average Bonchev–Trinajstić information content (AvgIpc) is 2.68. The molecule has 1 aliphatic carbocycles. The van der Waals surface area contributed by atoms with E-state index in [2.05, 4.69) is 5.32 Å². The minimum absolute atomic E-state index is 0.0578. The van der Waals surface area contributed by atoms with E-state index in [4.69, 9.17) is 9.84 Å². The number of carboxylic acids is 1. The first kappa shape index (κ1) is 19.9. The third-order valence-corrected chi connectivity index (χ3v) is 5.19. The van der Waals surface area contributed by atoms with Gasteiger partial charge in [-0.25, -0.2) is 0 Å². The summed E-state index contributed by atoms with van der Waals surface area (Å²) in [6.45, 7) is 1.94. The number of amides is 1. The van der Waals surface area contributed by atoms with Crippen molar-refractivity contribution in [2.75, 3.05) is 0 Å². The molecule has 0 radical (unpaired) electrons. The van der Waals surface area contributed by atoms with Crippen molar-refractivity contribution in [3.8, 4) is 11.5 Å². The van der Waals surface area contributed by atoms with Gasteiger partial charge in [0.1, 0.15) is 11.5 Å². The molecule has 1 saturated carbocycles. The highest BCUT2D eigenvalue weighted by molar-refractivity contribution is 5.94. The third-order valence-electron chi connectivity index (χ3n) is 5.19. The van der Waals surface area contributed by atoms with E-state index in [1.165, 1.54) is 19.3 Å². The normalized spacial score (nSPS) is 14.5. The van der Waals surface area contributed by atoms with Crippen LogP contribution in [0.4, 0.5) is 0 Å². The molecule has 2 N–H and O–H groups in total. The van der Waals surface area contributed by atoms with Crippen LogP contribution < -0.4 is 10.1 Å². The molecule has 2 aromatic rings. The first-order chi connectivity index (χ1) is 13.5. The number of hydrogen-bond donors (Lipinski definition) is 2. The molecule has 0 aromatic heterocycles. The summed E-state index contributed by atoms with van der Waals surface area (Å²) in [6, 6.07) is 13.1. The largest absolute Gasteiger partial charge is 0.481 e. The standard InChI is InChI=1S/C23H27NO4/c1-16-14-21(12-10-17(16)11-13-22(25)26)28-20-9-5-6-18(15-20)23(27)24-19-7-3-2-4-8-19/h5-6,9-10,12,14-15,19H,2-4,7-8,11,13H2,1H3,(H,24,27)(H,25,26). The molecule has 3 rings (SSSR count). The number of carbonyl (C=O) groups excluding carboxylic acids is 1. The lowest BCUT2D eigenvalue weighted by atomic mass is 9.95. The summed E-state index contributed by atoms with van der Waals surface area (Å²) in [4.78, 5) is 23.3. The summed E-state index contributed by atoms with van der Waals surface area (Å²) < 4.78 is 5.92. The van der Waals surface area contributed by atoms with Crippen molar-refractivity contribution in [3.05, 3.63) is 59.2 Å². The van der Waals surface area contributed by atoms with E-state index >= 15 is 0 Å². The quantitative estimate of drug-likeness (QED) is 0.718. The van der Waals surface area contributed by atoms with Gasteiger partial charge in [0.05, 0.1) is 0 Å². The van der Waals surface area contributed by atoms with Crippen LogP contribution >= 0.6 is 0 Å². The van der Waals surface area contributed by atoms with Crippen molar-refractivity contribution in [1.29, 1.82) is 0 Å². The molecule has 0 heterocycles. The van der Waals surface area contributed by atoms with E-state index < -0.39 is 5.97 Å². The molecule has 0 bridgehead atoms. The molecule has 0 spiro atoms. The zero-order valence-electron chi connectivity index (χ0n) is 16.2. The lowest BCUT2D eigenvalue weighted by Crippen LogP contribution is -2.36. The number of aliphatic carboxylic acids is 1. The Kier molecular flexibility index (Phi) is 6.69. The number of aryl methyl sites for hydroxylation is 2. The van der Waals surface area contributed by atoms with Gasteiger partial charge in [-0.3, -0.25) is 9.59 Å². The number of carboxylic acid groups (broad SMARTS) is 1. The second-order valence-electron chi connectivity index (χ2n) is 7.42. The summed E-state index contributed by atoms with van der Waals surface area (Å²) in [6.07, 6.45) is 6.32. The van der Waals surface area contributed by atoms with Crippen LogP contribution in [0.1, 0.15) is 60.0 Å². The van der Waals surface area contributed by atoms with E-state index in [0.717, 1.165) is 24.0 Å². The Balaban J connectivity index is 1.64. The summed E-state index contributed by atoms with van der Waals surface area (Å²) >= 11 is 0. The van der Waals surface area contributed by atoms with Crippen LogP contribution in [0, 0.1) is 6.92 Å². The van der Waals surface area contributed by atoms with Crippen LogP contribution in [0.3, 0.4) is 0 Å². The van der Waals surface area contributed by atoms with Gasteiger partial charge in [-0.1, -0.05) is 31.4 Å². The van der Waals surface area contributed by atoms with Gasteiger partial charge in [-0.15, -0.1) is 0 Å². The molecule has 0 aliphatic heterocycles. The fraction of sp³-hybridized carbons (Fsp3) is 0.391. The zero-order chi connectivity index (χ0) is 19.9. The molecule has 0 unspecified atom stereocenters. The lowest BCUT2D eigenvalue weighted by Gasteiger charge is -2.22. The van der Waals surface area contributed by atoms with E-state index in [9.17, 15) is 9.59 Å². The molecule has 5 nitrogen and oxygen atoms in total. The van der Waals surface area contributed by atoms with Crippen molar-refractivity contribution in [2.45, 2.75) is 57.9 Å². The van der Waals surface area contributed by atoms with Crippen molar-refractivity contribution in [3.63, 3.8) is 0 Å². The van der Waals surface area contributed by atoms with Crippen LogP contribution in [-0.4, -0.2) is 23.0 Å². The SMILES string of the molecule is Cc1cc(Oc2cccc(C(=O)NC3CCCCC3)c2)ccc1CCC(=O)O. The summed E-state index contributed by atoms with van der Waals surface area (Å²) in [7, 11) is 0. The molecule has 5 heteroatoms. The summed E-state index contributed by atoms with van der Waals surface area (Å²) in [5, 5.41) is 12.0. The average molecular weight is 381 g/mol. The monoisotopic (exact) mass is 381 g/mol. The highest BCUT2D eigenvalue weighted by atomic mass is 16.5. The molecule has 2 aromatic carbocycles. The van der Waals surface area contributed by atoms with Gasteiger partial charge >= 0.3 is 5.97 Å². The van der Waals surface area contributed by atoms with Gasteiger partial charge in [0.2, 0.25) is 0 Å². The number of ether oxygens (including phenoxy) is 1. The minimum Gasteiger partial charge on any atom is -0.481 e. The van der Waals surface area contributed by atoms with Gasteiger partial charge in [0.25, 0.3) is 5.91 Å². The maximum Gasteiger partial charge on any atom is 0.303 e. The van der Waals surface area contributed by atoms with Gasteiger partial charge in [0.15, 0.2) is 0 Å². The molecule has 1 aliphatic rings. The first-order valence-electron chi connectivity index (χ1n) is 9.91. The first-order valence-corrected chi connectivity index (χ1v) is 9.91. The fourth-order valence-electron chi connectivity index (χ4n) is 3.61. The molecule has 148 valence electrons. The van der Waals surface area contributed by atoms with E-state index in [0.29, 0.717) is 23.5 Å². The van der Waals surface area contributed by atoms with E-state index in [1.807, 2.05) is 37.3 Å². The maximum atomic E-state index is 12.5. The van der Waals surface area contributed by atoms with Crippen molar-refractivity contribution < 1.29 is 19.4 Å². The smallest absolute Gasteiger partial charge is 0.303 e. The Bertz CT molecular complexity index is 840. The van der Waals surface area contributed by atoms with E-state index in [-0.39, 0.29) is 18.4 Å². The molecule has 28 heavy (non-hydrogen) atoms. The Morgan fingerprint density at radius 3 is 2.54 bits per heavy atom. The fourth-order valence-corrected chi connectivity index (χ4v) is 3.61. The third kappa shape index (κ3) is 5.59. The van der Waals surface area contributed by atoms with Gasteiger partial charge < -0.3 is 15.2 Å². The Morgan fingerprint density at radius 1 is 1.07 bits per heavy atom.